The van der Waals surface area contributed by atoms with Crippen LogP contribution in [0.2, 0.25) is 0 Å². The molecule has 0 saturated carbocycles. The van der Waals surface area contributed by atoms with E-state index in [4.69, 9.17) is 5.26 Å². The van der Waals surface area contributed by atoms with Gasteiger partial charge in [0.15, 0.2) is 0 Å². The number of piperazine rings is 1. The largest absolute Gasteiger partial charge is 0.347 e. The number of benzene rings is 1. The Morgan fingerprint density at radius 2 is 2.14 bits per heavy atom. The number of rotatable bonds is 2. The van der Waals surface area contributed by atoms with E-state index in [1.807, 2.05) is 11.9 Å². The number of nitrogens with one attached hydrogen (secondary N) is 1. The van der Waals surface area contributed by atoms with Crippen molar-refractivity contribution in [2.75, 3.05) is 26.7 Å². The first kappa shape index (κ1) is 14.3. The fraction of sp³-hybridized carbons (Fsp3) is 0.312. The molecule has 1 aromatic carbocycles. The number of aromatic nitrogens is 2. The Morgan fingerprint density at radius 3 is 2.77 bits per heavy atom. The second-order valence-electron chi connectivity index (χ2n) is 5.41. The number of aromatic amines is 1. The van der Waals surface area contributed by atoms with Crippen molar-refractivity contribution in [1.82, 2.24) is 19.8 Å². The zero-order chi connectivity index (χ0) is 15.5. The molecular formula is C16H17N5O. The second kappa shape index (κ2) is 6.00. The van der Waals surface area contributed by atoms with E-state index in [-0.39, 0.29) is 11.9 Å². The summed E-state index contributed by atoms with van der Waals surface area (Å²) in [5.41, 5.74) is 1.17. The minimum absolute atomic E-state index is 0.00542. The standard InChI is InChI=1S/C16H17N5O/c1-20-8-9-21(11-14(20)15-18-6-7-19-15)16(22)13-4-2-12(10-17)3-5-13/h2-7,14H,8-9,11H2,1H3,(H,18,19)/t14-/m1/s1. The van der Waals surface area contributed by atoms with Gasteiger partial charge < -0.3 is 9.88 Å². The smallest absolute Gasteiger partial charge is 0.253 e. The van der Waals surface area contributed by atoms with Gasteiger partial charge in [-0.15, -0.1) is 0 Å². The minimum Gasteiger partial charge on any atom is -0.347 e. The molecule has 1 aromatic heterocycles. The molecule has 0 bridgehead atoms. The summed E-state index contributed by atoms with van der Waals surface area (Å²) in [6.07, 6.45) is 3.52. The lowest BCUT2D eigenvalue weighted by atomic mass is 10.1. The van der Waals surface area contributed by atoms with Crippen LogP contribution in [0.4, 0.5) is 0 Å². The molecule has 6 heteroatoms. The van der Waals surface area contributed by atoms with E-state index in [1.54, 1.807) is 36.7 Å². The number of imidazole rings is 1. The maximum absolute atomic E-state index is 12.6. The van der Waals surface area contributed by atoms with Crippen molar-refractivity contribution < 1.29 is 4.79 Å². The average Bonchev–Trinajstić information content (AvgIpc) is 3.09. The molecule has 22 heavy (non-hydrogen) atoms. The van der Waals surface area contributed by atoms with Crippen molar-refractivity contribution in [2.24, 2.45) is 0 Å². The molecule has 1 aliphatic heterocycles. The van der Waals surface area contributed by atoms with Crippen LogP contribution in [0.1, 0.15) is 27.8 Å². The quantitative estimate of drug-likeness (QED) is 0.909. The Balaban J connectivity index is 1.76. The van der Waals surface area contributed by atoms with Gasteiger partial charge in [0.1, 0.15) is 5.82 Å². The van der Waals surface area contributed by atoms with Crippen LogP contribution in [-0.4, -0.2) is 52.4 Å². The number of amides is 1. The average molecular weight is 295 g/mol. The Hall–Kier alpha value is -2.65. The predicted octanol–water partition coefficient (Wildman–Crippen LogP) is 1.41. The van der Waals surface area contributed by atoms with Gasteiger partial charge in [0.2, 0.25) is 0 Å². The fourth-order valence-corrected chi connectivity index (χ4v) is 2.68. The van der Waals surface area contributed by atoms with Crippen molar-refractivity contribution >= 4 is 5.91 Å². The van der Waals surface area contributed by atoms with Gasteiger partial charge in [-0.1, -0.05) is 0 Å². The van der Waals surface area contributed by atoms with Crippen LogP contribution in [0, 0.1) is 11.3 Å². The van der Waals surface area contributed by atoms with E-state index in [0.29, 0.717) is 24.2 Å². The van der Waals surface area contributed by atoms with E-state index in [2.05, 4.69) is 20.9 Å². The third kappa shape index (κ3) is 2.71. The number of nitriles is 1. The van der Waals surface area contributed by atoms with Crippen molar-refractivity contribution in [2.45, 2.75) is 6.04 Å². The van der Waals surface area contributed by atoms with Crippen molar-refractivity contribution in [3.8, 4) is 6.07 Å². The van der Waals surface area contributed by atoms with Crippen molar-refractivity contribution in [1.29, 1.82) is 5.26 Å². The molecule has 6 nitrogen and oxygen atoms in total. The predicted molar refractivity (Wildman–Crippen MR) is 81.0 cm³/mol. The number of nitrogens with zero attached hydrogens (tertiary/aromatic N) is 4. The summed E-state index contributed by atoms with van der Waals surface area (Å²) in [6, 6.07) is 8.90. The third-order valence-corrected chi connectivity index (χ3v) is 4.03. The highest BCUT2D eigenvalue weighted by Gasteiger charge is 2.30. The summed E-state index contributed by atoms with van der Waals surface area (Å²) >= 11 is 0. The molecule has 0 aliphatic carbocycles. The fourth-order valence-electron chi connectivity index (χ4n) is 2.68. The zero-order valence-electron chi connectivity index (χ0n) is 12.4. The molecule has 1 N–H and O–H groups in total. The summed E-state index contributed by atoms with van der Waals surface area (Å²) in [6.45, 7) is 2.09. The van der Waals surface area contributed by atoms with Crippen LogP contribution in [0.15, 0.2) is 36.7 Å². The Morgan fingerprint density at radius 1 is 1.36 bits per heavy atom. The van der Waals surface area contributed by atoms with Gasteiger partial charge in [-0.25, -0.2) is 4.98 Å². The molecule has 2 heterocycles. The summed E-state index contributed by atoms with van der Waals surface area (Å²) in [5.74, 6) is 0.869. The van der Waals surface area contributed by atoms with Gasteiger partial charge in [-0.05, 0) is 31.3 Å². The first-order valence-electron chi connectivity index (χ1n) is 7.18. The molecule has 1 fully saturated rings. The summed E-state index contributed by atoms with van der Waals surface area (Å²) in [4.78, 5) is 24.1. The number of hydrogen-bond acceptors (Lipinski definition) is 4. The molecule has 0 unspecified atom stereocenters. The normalized spacial score (nSPS) is 18.9. The second-order valence-corrected chi connectivity index (χ2v) is 5.41. The number of likely N-dealkylation sites (N-methyl/N-ethyl adjacent to an activating group) is 1. The van der Waals surface area contributed by atoms with E-state index in [0.717, 1.165) is 12.4 Å². The van der Waals surface area contributed by atoms with E-state index < -0.39 is 0 Å². The lowest BCUT2D eigenvalue weighted by Gasteiger charge is -2.38. The van der Waals surface area contributed by atoms with Crippen LogP contribution in [-0.2, 0) is 0 Å². The molecule has 1 aliphatic rings. The highest BCUT2D eigenvalue weighted by atomic mass is 16.2. The van der Waals surface area contributed by atoms with Crippen LogP contribution in [0.3, 0.4) is 0 Å². The van der Waals surface area contributed by atoms with Gasteiger partial charge in [0, 0.05) is 37.6 Å². The summed E-state index contributed by atoms with van der Waals surface area (Å²) in [7, 11) is 2.04. The van der Waals surface area contributed by atoms with E-state index in [9.17, 15) is 4.79 Å². The Kier molecular flexibility index (Phi) is 3.90. The minimum atomic E-state index is -0.00542. The first-order chi connectivity index (χ1) is 10.7. The number of carbonyl (C=O) groups is 1. The van der Waals surface area contributed by atoms with Crippen LogP contribution in [0.5, 0.6) is 0 Å². The molecule has 3 rings (SSSR count). The first-order valence-corrected chi connectivity index (χ1v) is 7.18. The van der Waals surface area contributed by atoms with Crippen molar-refractivity contribution in [3.63, 3.8) is 0 Å². The molecule has 1 atom stereocenters. The van der Waals surface area contributed by atoms with Gasteiger partial charge in [-0.3, -0.25) is 9.69 Å². The van der Waals surface area contributed by atoms with Gasteiger partial charge in [0.25, 0.3) is 5.91 Å². The highest BCUT2D eigenvalue weighted by molar-refractivity contribution is 5.94. The number of H-pyrrole nitrogens is 1. The topological polar surface area (TPSA) is 76.0 Å². The molecule has 1 saturated heterocycles. The molecule has 0 radical (unpaired) electrons. The third-order valence-electron chi connectivity index (χ3n) is 4.03. The van der Waals surface area contributed by atoms with Crippen LogP contribution < -0.4 is 0 Å². The molecular weight excluding hydrogens is 278 g/mol. The number of carbonyl (C=O) groups excluding carboxylic acids is 1. The molecule has 112 valence electrons. The Labute approximate surface area is 129 Å². The van der Waals surface area contributed by atoms with Crippen LogP contribution >= 0.6 is 0 Å². The molecule has 0 spiro atoms. The zero-order valence-corrected chi connectivity index (χ0v) is 12.4. The molecule has 2 aromatic rings. The summed E-state index contributed by atoms with van der Waals surface area (Å²) in [5, 5.41) is 8.82. The Bertz CT molecular complexity index is 686. The summed E-state index contributed by atoms with van der Waals surface area (Å²) < 4.78 is 0. The monoisotopic (exact) mass is 295 g/mol. The lowest BCUT2D eigenvalue weighted by Crippen LogP contribution is -2.49. The van der Waals surface area contributed by atoms with Gasteiger partial charge >= 0.3 is 0 Å². The lowest BCUT2D eigenvalue weighted by molar-refractivity contribution is 0.0534. The maximum Gasteiger partial charge on any atom is 0.253 e. The van der Waals surface area contributed by atoms with Crippen LogP contribution in [0.25, 0.3) is 0 Å². The number of hydrogen-bond donors (Lipinski definition) is 1. The molecule has 1 amide bonds. The van der Waals surface area contributed by atoms with Gasteiger partial charge in [-0.2, -0.15) is 5.26 Å². The van der Waals surface area contributed by atoms with Crippen molar-refractivity contribution in [3.05, 3.63) is 53.6 Å². The van der Waals surface area contributed by atoms with E-state index in [1.165, 1.54) is 0 Å². The maximum atomic E-state index is 12.6. The van der Waals surface area contributed by atoms with Gasteiger partial charge in [0.05, 0.1) is 17.7 Å². The highest BCUT2D eigenvalue weighted by Crippen LogP contribution is 2.22. The van der Waals surface area contributed by atoms with E-state index >= 15 is 0 Å². The SMILES string of the molecule is CN1CCN(C(=O)c2ccc(C#N)cc2)C[C@@H]1c1ncc[nH]1.